The van der Waals surface area contributed by atoms with E-state index in [9.17, 15) is 8.42 Å². The van der Waals surface area contributed by atoms with E-state index in [1.165, 1.54) is 4.57 Å². The first-order valence-electron chi connectivity index (χ1n) is 4.76. The first-order valence-corrected chi connectivity index (χ1v) is 6.37. The van der Waals surface area contributed by atoms with Crippen LogP contribution in [0.4, 0.5) is 0 Å². The van der Waals surface area contributed by atoms with Crippen LogP contribution >= 0.6 is 0 Å². The molecule has 2 aromatic rings. The van der Waals surface area contributed by atoms with Gasteiger partial charge in [-0.1, -0.05) is 0 Å². The SMILES string of the molecule is O=S(=O)(O)C[n+]1ccc(-c2ncccn2)cc1. The molecule has 0 fully saturated rings. The van der Waals surface area contributed by atoms with Gasteiger partial charge in [-0.15, -0.1) is 0 Å². The lowest BCUT2D eigenvalue weighted by Gasteiger charge is -1.98. The molecule has 0 amide bonds. The molecule has 6 nitrogen and oxygen atoms in total. The van der Waals surface area contributed by atoms with Gasteiger partial charge >= 0.3 is 10.1 Å². The van der Waals surface area contributed by atoms with Crippen LogP contribution in [0.5, 0.6) is 0 Å². The molecular formula is C10H10N3O3S+. The van der Waals surface area contributed by atoms with Crippen molar-refractivity contribution in [3.05, 3.63) is 43.0 Å². The second-order valence-electron chi connectivity index (χ2n) is 3.38. The van der Waals surface area contributed by atoms with E-state index < -0.39 is 16.0 Å². The third-order valence-electron chi connectivity index (χ3n) is 2.03. The van der Waals surface area contributed by atoms with Crippen LogP contribution in [0.25, 0.3) is 11.4 Å². The van der Waals surface area contributed by atoms with Gasteiger partial charge in [0.05, 0.1) is 0 Å². The van der Waals surface area contributed by atoms with Crippen molar-refractivity contribution in [1.29, 1.82) is 0 Å². The summed E-state index contributed by atoms with van der Waals surface area (Å²) in [5, 5.41) is 0. The minimum Gasteiger partial charge on any atom is -0.281 e. The second kappa shape index (κ2) is 4.56. The van der Waals surface area contributed by atoms with Gasteiger partial charge in [0.15, 0.2) is 18.2 Å². The molecule has 0 aliphatic rings. The molecule has 0 unspecified atom stereocenters. The molecule has 7 heteroatoms. The van der Waals surface area contributed by atoms with Gasteiger partial charge in [-0.25, -0.2) is 9.97 Å². The van der Waals surface area contributed by atoms with Gasteiger partial charge in [0.2, 0.25) is 0 Å². The van der Waals surface area contributed by atoms with E-state index in [0.717, 1.165) is 5.56 Å². The normalized spacial score (nSPS) is 11.4. The number of aromatic nitrogens is 3. The molecule has 0 aliphatic heterocycles. The Hall–Kier alpha value is -1.86. The summed E-state index contributed by atoms with van der Waals surface area (Å²) in [5.74, 6) is 0.0923. The minimum absolute atomic E-state index is 0.469. The first kappa shape index (κ1) is 11.6. The minimum atomic E-state index is -4.02. The van der Waals surface area contributed by atoms with Crippen molar-refractivity contribution in [1.82, 2.24) is 9.97 Å². The fourth-order valence-corrected chi connectivity index (χ4v) is 1.88. The van der Waals surface area contributed by atoms with Crippen LogP contribution in [0, 0.1) is 0 Å². The summed E-state index contributed by atoms with van der Waals surface area (Å²) in [6, 6.07) is 5.08. The van der Waals surface area contributed by atoms with Crippen molar-refractivity contribution >= 4 is 10.1 Å². The molecule has 0 radical (unpaired) electrons. The molecule has 0 spiro atoms. The van der Waals surface area contributed by atoms with Crippen LogP contribution in [0.3, 0.4) is 0 Å². The van der Waals surface area contributed by atoms with Crippen LogP contribution in [-0.2, 0) is 16.0 Å². The van der Waals surface area contributed by atoms with E-state index in [2.05, 4.69) is 9.97 Å². The fraction of sp³-hybridized carbons (Fsp3) is 0.100. The number of pyridine rings is 1. The Labute approximate surface area is 98.4 Å². The summed E-state index contributed by atoms with van der Waals surface area (Å²) in [6.07, 6.45) is 6.34. The van der Waals surface area contributed by atoms with Crippen molar-refractivity contribution in [2.24, 2.45) is 0 Å². The van der Waals surface area contributed by atoms with E-state index >= 15 is 0 Å². The third kappa shape index (κ3) is 3.30. The average molecular weight is 252 g/mol. The summed E-state index contributed by atoms with van der Waals surface area (Å²) in [6.45, 7) is 0. The lowest BCUT2D eigenvalue weighted by Crippen LogP contribution is -2.36. The molecule has 17 heavy (non-hydrogen) atoms. The van der Waals surface area contributed by atoms with Crippen molar-refractivity contribution in [2.75, 3.05) is 0 Å². The highest BCUT2D eigenvalue weighted by molar-refractivity contribution is 7.84. The standard InChI is InChI=1S/C10H9N3O3S/c14-17(15,16)8-13-6-2-9(3-7-13)10-11-4-1-5-12-10/h1-7H,8H2/p+1. The van der Waals surface area contributed by atoms with Gasteiger partial charge in [0.1, 0.15) is 0 Å². The highest BCUT2D eigenvalue weighted by Crippen LogP contribution is 2.10. The van der Waals surface area contributed by atoms with Gasteiger partial charge in [-0.05, 0) is 6.07 Å². The lowest BCUT2D eigenvalue weighted by molar-refractivity contribution is -0.678. The smallest absolute Gasteiger partial charge is 0.281 e. The van der Waals surface area contributed by atoms with E-state index in [0.29, 0.717) is 5.82 Å². The Morgan fingerprint density at radius 2 is 1.76 bits per heavy atom. The zero-order valence-electron chi connectivity index (χ0n) is 8.76. The summed E-state index contributed by atoms with van der Waals surface area (Å²) < 4.78 is 31.4. The van der Waals surface area contributed by atoms with Crippen LogP contribution in [0.2, 0.25) is 0 Å². The number of nitrogens with zero attached hydrogens (tertiary/aromatic N) is 3. The van der Waals surface area contributed by atoms with E-state index in [4.69, 9.17) is 4.55 Å². The van der Waals surface area contributed by atoms with Gasteiger partial charge in [-0.3, -0.25) is 4.55 Å². The molecule has 2 heterocycles. The van der Waals surface area contributed by atoms with Gasteiger partial charge in [0.25, 0.3) is 5.88 Å². The molecule has 2 aromatic heterocycles. The third-order valence-corrected chi connectivity index (χ3v) is 2.65. The van der Waals surface area contributed by atoms with Crippen LogP contribution in [-0.4, -0.2) is 22.9 Å². The van der Waals surface area contributed by atoms with Crippen molar-refractivity contribution in [3.8, 4) is 11.4 Å². The monoisotopic (exact) mass is 252 g/mol. The zero-order chi connectivity index (χ0) is 12.3. The van der Waals surface area contributed by atoms with Crippen molar-refractivity contribution < 1.29 is 17.5 Å². The summed E-state index contributed by atoms with van der Waals surface area (Å²) in [7, 11) is -4.02. The average Bonchev–Trinajstić information content (AvgIpc) is 2.29. The summed E-state index contributed by atoms with van der Waals surface area (Å²) >= 11 is 0. The Morgan fingerprint density at radius 3 is 2.29 bits per heavy atom. The molecule has 0 bridgehead atoms. The van der Waals surface area contributed by atoms with Gasteiger partial charge < -0.3 is 0 Å². The van der Waals surface area contributed by atoms with E-state index in [1.54, 1.807) is 43.0 Å². The highest BCUT2D eigenvalue weighted by atomic mass is 32.2. The lowest BCUT2D eigenvalue weighted by atomic mass is 10.2. The molecule has 2 rings (SSSR count). The Balaban J connectivity index is 2.25. The Bertz CT molecular complexity index is 596. The van der Waals surface area contributed by atoms with E-state index in [-0.39, 0.29) is 0 Å². The largest absolute Gasteiger partial charge is 0.326 e. The molecule has 0 aromatic carbocycles. The first-order chi connectivity index (χ1) is 8.04. The topological polar surface area (TPSA) is 84.0 Å². The second-order valence-corrected chi connectivity index (χ2v) is 4.81. The van der Waals surface area contributed by atoms with E-state index in [1.807, 2.05) is 0 Å². The molecule has 0 saturated heterocycles. The van der Waals surface area contributed by atoms with Gasteiger partial charge in [0, 0.05) is 30.1 Å². The number of rotatable bonds is 3. The van der Waals surface area contributed by atoms with Crippen LogP contribution in [0.15, 0.2) is 43.0 Å². The number of hydrogen-bond acceptors (Lipinski definition) is 4. The number of hydrogen-bond donors (Lipinski definition) is 1. The predicted molar refractivity (Wildman–Crippen MR) is 59.2 cm³/mol. The zero-order valence-corrected chi connectivity index (χ0v) is 9.58. The van der Waals surface area contributed by atoms with Crippen molar-refractivity contribution in [3.63, 3.8) is 0 Å². The maximum Gasteiger partial charge on any atom is 0.326 e. The fourth-order valence-electron chi connectivity index (χ4n) is 1.33. The molecule has 0 atom stereocenters. The molecule has 0 saturated carbocycles. The maximum absolute atomic E-state index is 10.7. The summed E-state index contributed by atoms with van der Waals surface area (Å²) in [4.78, 5) is 8.13. The molecule has 1 N–H and O–H groups in total. The summed E-state index contributed by atoms with van der Waals surface area (Å²) in [5.41, 5.74) is 0.775. The highest BCUT2D eigenvalue weighted by Gasteiger charge is 2.12. The Morgan fingerprint density at radius 1 is 1.18 bits per heavy atom. The molecular weight excluding hydrogens is 242 g/mol. The van der Waals surface area contributed by atoms with Crippen LogP contribution < -0.4 is 4.57 Å². The van der Waals surface area contributed by atoms with Gasteiger partial charge in [-0.2, -0.15) is 13.0 Å². The van der Waals surface area contributed by atoms with Crippen LogP contribution in [0.1, 0.15) is 0 Å². The molecule has 88 valence electrons. The quantitative estimate of drug-likeness (QED) is 0.626. The predicted octanol–water partition coefficient (Wildman–Crippen LogP) is 0.276. The van der Waals surface area contributed by atoms with Crippen molar-refractivity contribution in [2.45, 2.75) is 5.88 Å². The molecule has 0 aliphatic carbocycles. The maximum atomic E-state index is 10.7. The Kier molecular flexibility index (Phi) is 3.12.